The summed E-state index contributed by atoms with van der Waals surface area (Å²) < 4.78 is 13.9. The molecule has 4 nitrogen and oxygen atoms in total. The van der Waals surface area contributed by atoms with Crippen LogP contribution in [0.2, 0.25) is 0 Å². The molecule has 134 valence electrons. The Bertz CT molecular complexity index is 726. The molecule has 1 aromatic heterocycles. The number of benzene rings is 1. The molecule has 1 atom stereocenters. The highest BCUT2D eigenvalue weighted by atomic mass is 32.1. The first-order valence-corrected chi connectivity index (χ1v) is 9.43. The Hall–Kier alpha value is -1.76. The van der Waals surface area contributed by atoms with Crippen molar-refractivity contribution in [1.82, 2.24) is 9.80 Å². The lowest BCUT2D eigenvalue weighted by Gasteiger charge is -2.37. The van der Waals surface area contributed by atoms with Crippen molar-refractivity contribution in [3.05, 3.63) is 47.1 Å². The van der Waals surface area contributed by atoms with Gasteiger partial charge in [0.05, 0.1) is 0 Å². The number of thiophene rings is 1. The number of hydrogen-bond acceptors (Lipinski definition) is 4. The van der Waals surface area contributed by atoms with E-state index in [-0.39, 0.29) is 11.9 Å². The summed E-state index contributed by atoms with van der Waals surface area (Å²) in [5.41, 5.74) is 0.649. The van der Waals surface area contributed by atoms with Gasteiger partial charge in [0, 0.05) is 48.0 Å². The van der Waals surface area contributed by atoms with E-state index in [1.807, 2.05) is 19.1 Å². The molecular weight excluding hydrogens is 339 g/mol. The average molecular weight is 362 g/mol. The molecule has 6 heteroatoms. The lowest BCUT2D eigenvalue weighted by atomic mass is 10.1. The maximum Gasteiger partial charge on any atom is 0.320 e. The van der Waals surface area contributed by atoms with Crippen molar-refractivity contribution in [2.45, 2.75) is 25.9 Å². The first-order valence-electron chi connectivity index (χ1n) is 8.61. The van der Waals surface area contributed by atoms with Gasteiger partial charge in [0.1, 0.15) is 11.9 Å². The van der Waals surface area contributed by atoms with Gasteiger partial charge in [-0.2, -0.15) is 0 Å². The molecule has 2 aromatic rings. The highest BCUT2D eigenvalue weighted by Gasteiger charge is 2.27. The number of hydrogen-bond donors (Lipinski definition) is 1. The molecule has 1 saturated heterocycles. The second kappa shape index (κ2) is 8.08. The van der Waals surface area contributed by atoms with Crippen LogP contribution < -0.4 is 0 Å². The third kappa shape index (κ3) is 4.26. The van der Waals surface area contributed by atoms with Crippen LogP contribution in [0.25, 0.3) is 10.4 Å². The number of carbonyl (C=O) groups is 1. The Morgan fingerprint density at radius 3 is 2.56 bits per heavy atom. The zero-order chi connectivity index (χ0) is 17.8. The molecule has 0 amide bonds. The summed E-state index contributed by atoms with van der Waals surface area (Å²) in [5, 5.41) is 9.28. The Morgan fingerprint density at radius 2 is 1.92 bits per heavy atom. The maximum absolute atomic E-state index is 13.9. The van der Waals surface area contributed by atoms with Crippen molar-refractivity contribution in [2.24, 2.45) is 0 Å². The molecule has 0 aliphatic carbocycles. The maximum atomic E-state index is 13.9. The van der Waals surface area contributed by atoms with E-state index in [1.54, 1.807) is 23.5 Å². The molecule has 0 radical (unpaired) electrons. The highest BCUT2D eigenvalue weighted by Crippen LogP contribution is 2.30. The van der Waals surface area contributed by atoms with Crippen LogP contribution in [-0.4, -0.2) is 53.1 Å². The third-order valence-electron chi connectivity index (χ3n) is 4.70. The van der Waals surface area contributed by atoms with Crippen molar-refractivity contribution in [3.8, 4) is 10.4 Å². The number of nitrogens with zero attached hydrogens (tertiary/aromatic N) is 2. The van der Waals surface area contributed by atoms with Crippen LogP contribution in [0.3, 0.4) is 0 Å². The molecule has 3 rings (SSSR count). The standard InChI is InChI=1S/C19H23FN2O2S/c1-2-17(19(23)24)22-11-9-21(10-12-22)13-14-7-8-18(25-14)15-5-3-4-6-16(15)20/h3-8,17H,2,9-13H2,1H3,(H,23,24). The van der Waals surface area contributed by atoms with Gasteiger partial charge in [-0.15, -0.1) is 11.3 Å². The van der Waals surface area contributed by atoms with Crippen LogP contribution in [0, 0.1) is 5.82 Å². The zero-order valence-electron chi connectivity index (χ0n) is 14.3. The summed E-state index contributed by atoms with van der Waals surface area (Å²) in [6.07, 6.45) is 0.631. The van der Waals surface area contributed by atoms with E-state index in [9.17, 15) is 14.3 Å². The van der Waals surface area contributed by atoms with Crippen molar-refractivity contribution in [1.29, 1.82) is 0 Å². The Balaban J connectivity index is 1.58. The normalized spacial score (nSPS) is 17.5. The third-order valence-corrected chi connectivity index (χ3v) is 5.80. The number of carboxylic acid groups (broad SMARTS) is 1. The van der Waals surface area contributed by atoms with Gasteiger partial charge in [0.2, 0.25) is 0 Å². The molecule has 1 aliphatic heterocycles. The van der Waals surface area contributed by atoms with Crippen LogP contribution in [-0.2, 0) is 11.3 Å². The number of rotatable bonds is 6. The Kier molecular flexibility index (Phi) is 5.83. The van der Waals surface area contributed by atoms with Gasteiger partial charge in [0.15, 0.2) is 0 Å². The van der Waals surface area contributed by atoms with Gasteiger partial charge in [-0.3, -0.25) is 14.6 Å². The molecule has 1 N–H and O–H groups in total. The van der Waals surface area contributed by atoms with Crippen LogP contribution in [0.4, 0.5) is 4.39 Å². The monoisotopic (exact) mass is 362 g/mol. The lowest BCUT2D eigenvalue weighted by Crippen LogP contribution is -2.52. The molecule has 1 unspecified atom stereocenters. The molecule has 0 saturated carbocycles. The zero-order valence-corrected chi connectivity index (χ0v) is 15.1. The minimum Gasteiger partial charge on any atom is -0.480 e. The average Bonchev–Trinajstić information content (AvgIpc) is 3.05. The molecule has 0 spiro atoms. The number of halogens is 1. The van der Waals surface area contributed by atoms with Gasteiger partial charge >= 0.3 is 5.97 Å². The summed E-state index contributed by atoms with van der Waals surface area (Å²) in [7, 11) is 0. The minimum atomic E-state index is -0.733. The summed E-state index contributed by atoms with van der Waals surface area (Å²) in [4.78, 5) is 17.8. The first-order chi connectivity index (χ1) is 12.1. The van der Waals surface area contributed by atoms with Crippen molar-refractivity contribution >= 4 is 17.3 Å². The summed E-state index contributed by atoms with van der Waals surface area (Å²) in [6.45, 7) is 6.01. The van der Waals surface area contributed by atoms with Gasteiger partial charge in [-0.25, -0.2) is 4.39 Å². The van der Waals surface area contributed by atoms with E-state index in [0.717, 1.165) is 37.6 Å². The SMILES string of the molecule is CCC(C(=O)O)N1CCN(Cc2ccc(-c3ccccc3F)s2)CC1. The molecule has 25 heavy (non-hydrogen) atoms. The summed E-state index contributed by atoms with van der Waals surface area (Å²) in [5.74, 6) is -0.924. The number of carboxylic acids is 1. The summed E-state index contributed by atoms with van der Waals surface area (Å²) >= 11 is 1.62. The molecule has 0 bridgehead atoms. The number of aliphatic carboxylic acids is 1. The predicted molar refractivity (Wildman–Crippen MR) is 98.3 cm³/mol. The Morgan fingerprint density at radius 1 is 1.20 bits per heavy atom. The first kappa shape index (κ1) is 18.0. The highest BCUT2D eigenvalue weighted by molar-refractivity contribution is 7.15. The molecular formula is C19H23FN2O2S. The molecule has 2 heterocycles. The number of piperazine rings is 1. The van der Waals surface area contributed by atoms with Crippen LogP contribution in [0.1, 0.15) is 18.2 Å². The van der Waals surface area contributed by atoms with Crippen LogP contribution in [0.5, 0.6) is 0 Å². The van der Waals surface area contributed by atoms with E-state index in [4.69, 9.17) is 0 Å². The minimum absolute atomic E-state index is 0.191. The topological polar surface area (TPSA) is 43.8 Å². The van der Waals surface area contributed by atoms with Crippen molar-refractivity contribution in [2.75, 3.05) is 26.2 Å². The second-order valence-electron chi connectivity index (χ2n) is 6.32. The van der Waals surface area contributed by atoms with Gasteiger partial charge < -0.3 is 5.11 Å². The van der Waals surface area contributed by atoms with Crippen molar-refractivity contribution in [3.63, 3.8) is 0 Å². The van der Waals surface area contributed by atoms with Gasteiger partial charge in [-0.05, 0) is 24.6 Å². The fraction of sp³-hybridized carbons (Fsp3) is 0.421. The molecule has 1 aromatic carbocycles. The quantitative estimate of drug-likeness (QED) is 0.854. The van der Waals surface area contributed by atoms with Gasteiger partial charge in [-0.1, -0.05) is 25.1 Å². The van der Waals surface area contributed by atoms with E-state index >= 15 is 0 Å². The largest absolute Gasteiger partial charge is 0.480 e. The predicted octanol–water partition coefficient (Wildman–Crippen LogP) is 3.54. The smallest absolute Gasteiger partial charge is 0.320 e. The lowest BCUT2D eigenvalue weighted by molar-refractivity contribution is -0.144. The van der Waals surface area contributed by atoms with Crippen LogP contribution >= 0.6 is 11.3 Å². The van der Waals surface area contributed by atoms with E-state index in [1.165, 1.54) is 10.9 Å². The fourth-order valence-corrected chi connectivity index (χ4v) is 4.39. The Labute approximate surface area is 151 Å². The van der Waals surface area contributed by atoms with E-state index < -0.39 is 5.97 Å². The summed E-state index contributed by atoms with van der Waals surface area (Å²) in [6, 6.07) is 10.5. The van der Waals surface area contributed by atoms with Gasteiger partial charge in [0.25, 0.3) is 0 Å². The van der Waals surface area contributed by atoms with E-state index in [0.29, 0.717) is 12.0 Å². The van der Waals surface area contributed by atoms with Crippen LogP contribution in [0.15, 0.2) is 36.4 Å². The fourth-order valence-electron chi connectivity index (χ4n) is 3.31. The van der Waals surface area contributed by atoms with E-state index in [2.05, 4.69) is 15.9 Å². The molecule has 1 aliphatic rings. The van der Waals surface area contributed by atoms with Crippen molar-refractivity contribution < 1.29 is 14.3 Å². The molecule has 1 fully saturated rings. The second-order valence-corrected chi connectivity index (χ2v) is 7.49.